The zero-order valence-corrected chi connectivity index (χ0v) is 16.4. The molecule has 0 atom stereocenters. The highest BCUT2D eigenvalue weighted by Crippen LogP contribution is 2.15. The lowest BCUT2D eigenvalue weighted by Crippen LogP contribution is -2.48. The number of amides is 1. The summed E-state index contributed by atoms with van der Waals surface area (Å²) in [4.78, 5) is 18.1. The highest BCUT2D eigenvalue weighted by Gasteiger charge is 2.16. The number of halogens is 1. The monoisotopic (exact) mass is 382 g/mol. The molecule has 1 amide bonds. The van der Waals surface area contributed by atoms with Gasteiger partial charge in [-0.25, -0.2) is 0 Å². The maximum absolute atomic E-state index is 12.0. The highest BCUT2D eigenvalue weighted by atomic mass is 79.9. The van der Waals surface area contributed by atoms with Crippen LogP contribution in [-0.2, 0) is 11.3 Å². The normalized spacial score (nSPS) is 12.0. The Morgan fingerprint density at radius 1 is 1.35 bits per heavy atom. The van der Waals surface area contributed by atoms with Crippen LogP contribution in [0.5, 0.6) is 0 Å². The van der Waals surface area contributed by atoms with E-state index in [1.54, 1.807) is 7.05 Å². The number of guanidine groups is 1. The number of aryl methyl sites for hydroxylation is 1. The number of hydrogen-bond donors (Lipinski definition) is 2. The lowest BCUT2D eigenvalue weighted by atomic mass is 10.1. The minimum absolute atomic E-state index is 0.0252. The number of likely N-dealkylation sites (N-methyl/N-ethyl adjacent to an activating group) is 1. The molecule has 1 aromatic rings. The first kappa shape index (κ1) is 19.5. The summed E-state index contributed by atoms with van der Waals surface area (Å²) in [5, 5.41) is 6.24. The fourth-order valence-corrected chi connectivity index (χ4v) is 2.64. The van der Waals surface area contributed by atoms with Crippen molar-refractivity contribution in [2.45, 2.75) is 39.8 Å². The van der Waals surface area contributed by atoms with E-state index in [1.165, 1.54) is 11.1 Å². The molecule has 0 saturated heterocycles. The van der Waals surface area contributed by atoms with Gasteiger partial charge in [0.05, 0.1) is 6.54 Å². The van der Waals surface area contributed by atoms with Crippen LogP contribution < -0.4 is 10.6 Å². The van der Waals surface area contributed by atoms with Crippen LogP contribution in [0.25, 0.3) is 0 Å². The molecule has 0 aliphatic heterocycles. The van der Waals surface area contributed by atoms with E-state index in [0.717, 1.165) is 4.47 Å². The molecule has 6 heteroatoms. The van der Waals surface area contributed by atoms with E-state index in [9.17, 15) is 4.79 Å². The van der Waals surface area contributed by atoms with E-state index in [2.05, 4.69) is 50.6 Å². The first-order valence-electron chi connectivity index (χ1n) is 7.60. The van der Waals surface area contributed by atoms with Crippen molar-refractivity contribution < 1.29 is 4.79 Å². The lowest BCUT2D eigenvalue weighted by molar-refractivity contribution is -0.122. The van der Waals surface area contributed by atoms with Crippen LogP contribution in [0.3, 0.4) is 0 Å². The van der Waals surface area contributed by atoms with Gasteiger partial charge < -0.3 is 15.5 Å². The summed E-state index contributed by atoms with van der Waals surface area (Å²) in [7, 11) is 3.57. The molecule has 1 rings (SSSR count). The largest absolute Gasteiger partial charge is 0.352 e. The minimum Gasteiger partial charge on any atom is -0.352 e. The second kappa shape index (κ2) is 8.34. The highest BCUT2D eigenvalue weighted by molar-refractivity contribution is 9.10. The van der Waals surface area contributed by atoms with Crippen molar-refractivity contribution in [3.63, 3.8) is 0 Å². The van der Waals surface area contributed by atoms with Crippen molar-refractivity contribution in [2.75, 3.05) is 20.6 Å². The second-order valence-electron chi connectivity index (χ2n) is 6.63. The van der Waals surface area contributed by atoms with Crippen LogP contribution >= 0.6 is 15.9 Å². The fraction of sp³-hybridized carbons (Fsp3) is 0.529. The molecule has 0 aromatic heterocycles. The summed E-state index contributed by atoms with van der Waals surface area (Å²) < 4.78 is 1.07. The SMILES string of the molecule is CN=C(NCc1ccc(Br)cc1C)N(C)CC(=O)NC(C)(C)C. The summed E-state index contributed by atoms with van der Waals surface area (Å²) in [6.07, 6.45) is 0. The quantitative estimate of drug-likeness (QED) is 0.621. The van der Waals surface area contributed by atoms with Crippen LogP contribution in [0.15, 0.2) is 27.7 Å². The van der Waals surface area contributed by atoms with Crippen LogP contribution in [0, 0.1) is 6.92 Å². The standard InChI is InChI=1S/C17H27BrN4O/c1-12-9-14(18)8-7-13(12)10-20-16(19-5)22(6)11-15(23)21-17(2,3)4/h7-9H,10-11H2,1-6H3,(H,19,20)(H,21,23). The number of nitrogens with zero attached hydrogens (tertiary/aromatic N) is 2. The van der Waals surface area contributed by atoms with Crippen LogP contribution in [0.1, 0.15) is 31.9 Å². The Balaban J connectivity index is 2.61. The average Bonchev–Trinajstić information content (AvgIpc) is 2.39. The van der Waals surface area contributed by atoms with Crippen molar-refractivity contribution in [3.8, 4) is 0 Å². The molecule has 0 radical (unpaired) electrons. The van der Waals surface area contributed by atoms with Crippen LogP contribution in [0.2, 0.25) is 0 Å². The van der Waals surface area contributed by atoms with Gasteiger partial charge in [0.25, 0.3) is 0 Å². The molecule has 0 spiro atoms. The predicted octanol–water partition coefficient (Wildman–Crippen LogP) is 2.68. The molecule has 2 N–H and O–H groups in total. The number of benzene rings is 1. The molecule has 128 valence electrons. The molecule has 0 heterocycles. The van der Waals surface area contributed by atoms with Gasteiger partial charge in [-0.1, -0.05) is 22.0 Å². The Bertz CT molecular complexity index is 578. The third kappa shape index (κ3) is 7.03. The van der Waals surface area contributed by atoms with Crippen molar-refractivity contribution in [3.05, 3.63) is 33.8 Å². The number of hydrogen-bond acceptors (Lipinski definition) is 2. The topological polar surface area (TPSA) is 56.7 Å². The van der Waals surface area contributed by atoms with Crippen molar-refractivity contribution in [2.24, 2.45) is 4.99 Å². The zero-order chi connectivity index (χ0) is 17.6. The van der Waals surface area contributed by atoms with E-state index in [-0.39, 0.29) is 18.0 Å². The van der Waals surface area contributed by atoms with Crippen molar-refractivity contribution in [1.29, 1.82) is 0 Å². The summed E-state index contributed by atoms with van der Waals surface area (Å²) in [5.41, 5.74) is 2.17. The number of nitrogens with one attached hydrogen (secondary N) is 2. The maximum Gasteiger partial charge on any atom is 0.240 e. The Morgan fingerprint density at radius 2 is 2.00 bits per heavy atom. The number of carbonyl (C=O) groups is 1. The van der Waals surface area contributed by atoms with Gasteiger partial charge in [0.15, 0.2) is 5.96 Å². The third-order valence-electron chi connectivity index (χ3n) is 3.21. The Morgan fingerprint density at radius 3 is 2.52 bits per heavy atom. The molecule has 0 saturated carbocycles. The Hall–Kier alpha value is -1.56. The van der Waals surface area contributed by atoms with E-state index in [1.807, 2.05) is 38.8 Å². The molecular formula is C17H27BrN4O. The fourth-order valence-electron chi connectivity index (χ4n) is 2.16. The van der Waals surface area contributed by atoms with Gasteiger partial charge in [-0.05, 0) is 51.0 Å². The zero-order valence-electron chi connectivity index (χ0n) is 14.8. The molecule has 1 aromatic carbocycles. The molecule has 0 fully saturated rings. The van der Waals surface area contributed by atoms with Gasteiger partial charge in [-0.2, -0.15) is 0 Å². The van der Waals surface area contributed by atoms with Gasteiger partial charge in [0, 0.05) is 30.7 Å². The van der Waals surface area contributed by atoms with Gasteiger partial charge >= 0.3 is 0 Å². The number of rotatable bonds is 4. The summed E-state index contributed by atoms with van der Waals surface area (Å²) in [6, 6.07) is 6.18. The van der Waals surface area contributed by atoms with E-state index in [0.29, 0.717) is 12.5 Å². The first-order valence-corrected chi connectivity index (χ1v) is 8.39. The predicted molar refractivity (Wildman–Crippen MR) is 99.6 cm³/mol. The van der Waals surface area contributed by atoms with Gasteiger partial charge in [0.2, 0.25) is 5.91 Å². The Kier molecular flexibility index (Phi) is 7.06. The molecule has 0 unspecified atom stereocenters. The first-order chi connectivity index (χ1) is 10.6. The van der Waals surface area contributed by atoms with E-state index in [4.69, 9.17) is 0 Å². The van der Waals surface area contributed by atoms with Crippen LogP contribution in [0.4, 0.5) is 0 Å². The number of aliphatic imine (C=N–C) groups is 1. The smallest absolute Gasteiger partial charge is 0.240 e. The van der Waals surface area contributed by atoms with Gasteiger partial charge in [-0.15, -0.1) is 0 Å². The molecule has 5 nitrogen and oxygen atoms in total. The minimum atomic E-state index is -0.233. The van der Waals surface area contributed by atoms with E-state index >= 15 is 0 Å². The summed E-state index contributed by atoms with van der Waals surface area (Å²) in [6.45, 7) is 8.90. The second-order valence-corrected chi connectivity index (χ2v) is 7.54. The molecule has 0 aliphatic carbocycles. The summed E-state index contributed by atoms with van der Waals surface area (Å²) >= 11 is 3.47. The molecule has 23 heavy (non-hydrogen) atoms. The molecule has 0 aliphatic rings. The summed E-state index contributed by atoms with van der Waals surface area (Å²) in [5.74, 6) is 0.666. The van der Waals surface area contributed by atoms with Gasteiger partial charge in [-0.3, -0.25) is 9.79 Å². The third-order valence-corrected chi connectivity index (χ3v) is 3.70. The lowest BCUT2D eigenvalue weighted by Gasteiger charge is -2.25. The average molecular weight is 383 g/mol. The van der Waals surface area contributed by atoms with Crippen molar-refractivity contribution >= 4 is 27.8 Å². The molecular weight excluding hydrogens is 356 g/mol. The maximum atomic E-state index is 12.0. The van der Waals surface area contributed by atoms with Gasteiger partial charge in [0.1, 0.15) is 0 Å². The Labute approximate surface area is 147 Å². The van der Waals surface area contributed by atoms with Crippen molar-refractivity contribution in [1.82, 2.24) is 15.5 Å². The van der Waals surface area contributed by atoms with E-state index < -0.39 is 0 Å². The molecule has 0 bridgehead atoms. The number of carbonyl (C=O) groups excluding carboxylic acids is 1. The van der Waals surface area contributed by atoms with Crippen LogP contribution in [-0.4, -0.2) is 42.9 Å².